The van der Waals surface area contributed by atoms with Crippen molar-refractivity contribution < 1.29 is 17.9 Å². The van der Waals surface area contributed by atoms with Gasteiger partial charge in [0.1, 0.15) is 11.9 Å². The number of rotatable bonds is 6. The summed E-state index contributed by atoms with van der Waals surface area (Å²) in [4.78, 5) is 4.40. The zero-order valence-electron chi connectivity index (χ0n) is 11.3. The van der Waals surface area contributed by atoms with Crippen molar-refractivity contribution in [2.24, 2.45) is 0 Å². The molecule has 0 aliphatic carbocycles. The molecule has 0 bridgehead atoms. The van der Waals surface area contributed by atoms with Gasteiger partial charge in [-0.15, -0.1) is 11.3 Å². The number of aromatic nitrogens is 1. The molecule has 0 saturated heterocycles. The molecule has 8 heteroatoms. The molecule has 1 heterocycles. The lowest BCUT2D eigenvalue weighted by Crippen LogP contribution is -2.29. The minimum atomic E-state index is -3.64. The van der Waals surface area contributed by atoms with E-state index in [2.05, 4.69) is 9.71 Å². The van der Waals surface area contributed by atoms with Gasteiger partial charge in [0.05, 0.1) is 16.1 Å². The Bertz CT molecular complexity index is 702. The Morgan fingerprint density at radius 3 is 2.86 bits per heavy atom. The Balaban J connectivity index is 1.97. The van der Waals surface area contributed by atoms with Crippen LogP contribution in [0.3, 0.4) is 0 Å². The molecule has 0 aliphatic heterocycles. The molecule has 0 amide bonds. The molecule has 1 atom stereocenters. The minimum Gasteiger partial charge on any atom is -0.386 e. The molecule has 0 spiro atoms. The zero-order chi connectivity index (χ0) is 15.5. The van der Waals surface area contributed by atoms with Crippen molar-refractivity contribution in [1.29, 1.82) is 0 Å². The van der Waals surface area contributed by atoms with Crippen molar-refractivity contribution in [3.05, 3.63) is 51.7 Å². The van der Waals surface area contributed by atoms with E-state index in [1.807, 2.05) is 0 Å². The van der Waals surface area contributed by atoms with Gasteiger partial charge in [-0.05, 0) is 24.1 Å². The largest absolute Gasteiger partial charge is 0.386 e. The molecule has 21 heavy (non-hydrogen) atoms. The Hall–Kier alpha value is -1.35. The van der Waals surface area contributed by atoms with E-state index in [0.29, 0.717) is 16.0 Å². The van der Waals surface area contributed by atoms with E-state index in [4.69, 9.17) is 0 Å². The number of nitrogens with zero attached hydrogens (tertiary/aromatic N) is 1. The highest BCUT2D eigenvalue weighted by molar-refractivity contribution is 7.88. The number of aliphatic hydroxyl groups is 1. The fourth-order valence-corrected chi connectivity index (χ4v) is 3.43. The van der Waals surface area contributed by atoms with Crippen molar-refractivity contribution in [2.45, 2.75) is 18.8 Å². The van der Waals surface area contributed by atoms with Crippen molar-refractivity contribution in [2.75, 3.05) is 6.54 Å². The topological polar surface area (TPSA) is 79.3 Å². The summed E-state index contributed by atoms with van der Waals surface area (Å²) in [5.74, 6) is -0.771. The van der Waals surface area contributed by atoms with Gasteiger partial charge in [-0.3, -0.25) is 4.98 Å². The fourth-order valence-electron chi connectivity index (χ4n) is 1.69. The maximum Gasteiger partial charge on any atom is 0.215 e. The number of benzene rings is 1. The third kappa shape index (κ3) is 4.57. The predicted octanol–water partition coefficient (Wildman–Crippen LogP) is 1.74. The number of halogens is 1. The van der Waals surface area contributed by atoms with Crippen LogP contribution < -0.4 is 4.72 Å². The zero-order valence-corrected chi connectivity index (χ0v) is 12.9. The van der Waals surface area contributed by atoms with Crippen LogP contribution >= 0.6 is 11.3 Å². The lowest BCUT2D eigenvalue weighted by molar-refractivity contribution is 0.185. The van der Waals surface area contributed by atoms with Crippen LogP contribution in [-0.4, -0.2) is 25.1 Å². The highest BCUT2D eigenvalue weighted by Crippen LogP contribution is 2.17. The van der Waals surface area contributed by atoms with Crippen LogP contribution in [0.15, 0.2) is 29.9 Å². The molecule has 114 valence electrons. The normalized spacial score (nSPS) is 13.3. The fraction of sp³-hybridized carbons (Fsp3) is 0.308. The maximum absolute atomic E-state index is 13.4. The second kappa shape index (κ2) is 6.61. The molecule has 1 aromatic carbocycles. The molecule has 0 fully saturated rings. The first-order valence-corrected chi connectivity index (χ1v) is 8.69. The van der Waals surface area contributed by atoms with Gasteiger partial charge in [0.15, 0.2) is 0 Å². The van der Waals surface area contributed by atoms with Crippen LogP contribution in [0, 0.1) is 12.7 Å². The van der Waals surface area contributed by atoms with Gasteiger partial charge in [-0.25, -0.2) is 17.5 Å². The summed E-state index contributed by atoms with van der Waals surface area (Å²) < 4.78 is 39.5. The Morgan fingerprint density at radius 1 is 1.48 bits per heavy atom. The van der Waals surface area contributed by atoms with Crippen LogP contribution in [0.5, 0.6) is 0 Å². The summed E-state index contributed by atoms with van der Waals surface area (Å²) in [6.07, 6.45) is 0.543. The van der Waals surface area contributed by atoms with Crippen LogP contribution in [0.25, 0.3) is 0 Å². The first kappa shape index (κ1) is 16.0. The van der Waals surface area contributed by atoms with E-state index in [1.54, 1.807) is 18.5 Å². The highest BCUT2D eigenvalue weighted by Gasteiger charge is 2.16. The van der Waals surface area contributed by atoms with Crippen molar-refractivity contribution >= 4 is 21.4 Å². The van der Waals surface area contributed by atoms with Gasteiger partial charge in [0, 0.05) is 12.7 Å². The summed E-state index contributed by atoms with van der Waals surface area (Å²) in [5, 5.41) is 9.80. The molecule has 0 saturated carbocycles. The first-order valence-electron chi connectivity index (χ1n) is 6.16. The highest BCUT2D eigenvalue weighted by atomic mass is 32.2. The minimum absolute atomic E-state index is 0.140. The van der Waals surface area contributed by atoms with E-state index in [-0.39, 0.29) is 12.3 Å². The molecule has 2 aromatic rings. The number of aliphatic hydroxyl groups excluding tert-OH is 1. The lowest BCUT2D eigenvalue weighted by atomic mass is 10.2. The Kier molecular flexibility index (Phi) is 5.04. The molecule has 0 aliphatic rings. The summed E-state index contributed by atoms with van der Waals surface area (Å²) in [6.45, 7) is 1.47. The van der Waals surface area contributed by atoms with E-state index in [9.17, 15) is 17.9 Å². The van der Waals surface area contributed by atoms with Crippen molar-refractivity contribution in [1.82, 2.24) is 9.71 Å². The molecule has 2 N–H and O–H groups in total. The van der Waals surface area contributed by atoms with Crippen LogP contribution in [0.4, 0.5) is 4.39 Å². The molecular weight excluding hydrogens is 315 g/mol. The van der Waals surface area contributed by atoms with Gasteiger partial charge < -0.3 is 5.11 Å². The summed E-state index contributed by atoms with van der Waals surface area (Å²) in [6, 6.07) is 4.30. The van der Waals surface area contributed by atoms with Gasteiger partial charge in [0.2, 0.25) is 10.0 Å². The van der Waals surface area contributed by atoms with Crippen LogP contribution in [0.2, 0.25) is 0 Å². The lowest BCUT2D eigenvalue weighted by Gasteiger charge is -2.11. The van der Waals surface area contributed by atoms with Crippen molar-refractivity contribution in [3.63, 3.8) is 0 Å². The summed E-state index contributed by atoms with van der Waals surface area (Å²) in [5.41, 5.74) is 2.38. The van der Waals surface area contributed by atoms with Crippen molar-refractivity contribution in [3.8, 4) is 0 Å². The van der Waals surface area contributed by atoms with E-state index < -0.39 is 21.9 Å². The number of hydrogen-bond donors (Lipinski definition) is 2. The van der Waals surface area contributed by atoms with E-state index in [0.717, 1.165) is 0 Å². The van der Waals surface area contributed by atoms with Crippen LogP contribution in [0.1, 0.15) is 22.1 Å². The van der Waals surface area contributed by atoms with E-state index in [1.165, 1.54) is 29.7 Å². The molecule has 1 aromatic heterocycles. The molecule has 2 rings (SSSR count). The average Bonchev–Trinajstić information content (AvgIpc) is 2.94. The SMILES string of the molecule is Cc1ccc(CS(=O)(=O)NCC(O)c2cncs2)cc1F. The number of sulfonamides is 1. The predicted molar refractivity (Wildman–Crippen MR) is 78.8 cm³/mol. The average molecular weight is 330 g/mol. The molecule has 5 nitrogen and oxygen atoms in total. The second-order valence-corrected chi connectivity index (χ2v) is 7.34. The number of thiazole rings is 1. The third-order valence-electron chi connectivity index (χ3n) is 2.87. The molecule has 0 radical (unpaired) electrons. The quantitative estimate of drug-likeness (QED) is 0.846. The van der Waals surface area contributed by atoms with Gasteiger partial charge in [0.25, 0.3) is 0 Å². The Labute approximate surface area is 126 Å². The smallest absolute Gasteiger partial charge is 0.215 e. The Morgan fingerprint density at radius 2 is 2.24 bits per heavy atom. The third-order valence-corrected chi connectivity index (χ3v) is 5.07. The van der Waals surface area contributed by atoms with Crippen LogP contribution in [-0.2, 0) is 15.8 Å². The second-order valence-electron chi connectivity index (χ2n) is 4.61. The van der Waals surface area contributed by atoms with Gasteiger partial charge in [-0.1, -0.05) is 12.1 Å². The first-order chi connectivity index (χ1) is 9.87. The molecular formula is C13H15FN2O3S2. The van der Waals surface area contributed by atoms with E-state index >= 15 is 0 Å². The number of nitrogens with one attached hydrogen (secondary N) is 1. The summed E-state index contributed by atoms with van der Waals surface area (Å²) >= 11 is 1.24. The summed E-state index contributed by atoms with van der Waals surface area (Å²) in [7, 11) is -3.64. The van der Waals surface area contributed by atoms with Gasteiger partial charge >= 0.3 is 0 Å². The maximum atomic E-state index is 13.4. The van der Waals surface area contributed by atoms with Gasteiger partial charge in [-0.2, -0.15) is 0 Å². The number of hydrogen-bond acceptors (Lipinski definition) is 5. The molecule has 1 unspecified atom stereocenters. The number of aryl methyl sites for hydroxylation is 1. The standard InChI is InChI=1S/C13H15FN2O3S2/c1-9-2-3-10(4-11(9)14)7-21(18,19)16-5-12(17)13-6-15-8-20-13/h2-4,6,8,12,16-17H,5,7H2,1H3. The monoisotopic (exact) mass is 330 g/mol.